The van der Waals surface area contributed by atoms with Gasteiger partial charge >= 0.3 is 0 Å². The molecule has 0 saturated carbocycles. The molecule has 0 radical (unpaired) electrons. The minimum absolute atomic E-state index is 0.365. The molecule has 2 aromatic rings. The van der Waals surface area contributed by atoms with Crippen molar-refractivity contribution in [3.63, 3.8) is 0 Å². The van der Waals surface area contributed by atoms with Crippen LogP contribution in [0.5, 0.6) is 0 Å². The minimum atomic E-state index is 0.365. The lowest BCUT2D eigenvalue weighted by molar-refractivity contribution is 0.684. The van der Waals surface area contributed by atoms with E-state index in [0.29, 0.717) is 11.1 Å². The number of hydrogen-bond acceptors (Lipinski definition) is 3. The summed E-state index contributed by atoms with van der Waals surface area (Å²) < 4.78 is 0. The molecule has 0 saturated heterocycles. The molecule has 1 unspecified atom stereocenters. The van der Waals surface area contributed by atoms with Crippen LogP contribution in [0.3, 0.4) is 0 Å². The molecule has 17 heavy (non-hydrogen) atoms. The zero-order valence-electron chi connectivity index (χ0n) is 10.7. The number of halogens is 1. The van der Waals surface area contributed by atoms with Crippen molar-refractivity contribution in [3.8, 4) is 0 Å². The summed E-state index contributed by atoms with van der Waals surface area (Å²) in [4.78, 5) is 11.5. The number of thiophene rings is 1. The highest BCUT2D eigenvalue weighted by molar-refractivity contribution is 7.18. The van der Waals surface area contributed by atoms with Gasteiger partial charge in [-0.1, -0.05) is 32.4 Å². The van der Waals surface area contributed by atoms with Gasteiger partial charge in [-0.05, 0) is 25.3 Å². The van der Waals surface area contributed by atoms with Gasteiger partial charge in [-0.15, -0.1) is 11.3 Å². The Balaban J connectivity index is 2.67. The maximum Gasteiger partial charge on any atom is 0.141 e. The first-order valence-corrected chi connectivity index (χ1v) is 7.23. The van der Waals surface area contributed by atoms with E-state index >= 15 is 0 Å². The van der Waals surface area contributed by atoms with Crippen LogP contribution in [0.4, 0.5) is 0 Å². The minimum Gasteiger partial charge on any atom is -0.222 e. The Kier molecular flexibility index (Phi) is 3.69. The monoisotopic (exact) mass is 268 g/mol. The molecule has 0 amide bonds. The second-order valence-corrected chi connectivity index (χ2v) is 5.91. The van der Waals surface area contributed by atoms with Crippen molar-refractivity contribution in [2.24, 2.45) is 0 Å². The van der Waals surface area contributed by atoms with Gasteiger partial charge in [0.1, 0.15) is 15.8 Å². The number of rotatable bonds is 3. The normalized spacial score (nSPS) is 13.2. The molecular weight excluding hydrogens is 252 g/mol. The van der Waals surface area contributed by atoms with Crippen LogP contribution < -0.4 is 0 Å². The zero-order valence-corrected chi connectivity index (χ0v) is 12.2. The second kappa shape index (κ2) is 4.91. The van der Waals surface area contributed by atoms with Crippen LogP contribution in [-0.2, 0) is 6.42 Å². The van der Waals surface area contributed by atoms with Crippen molar-refractivity contribution >= 4 is 33.2 Å². The third kappa shape index (κ3) is 2.18. The molecule has 1 atom stereocenters. The van der Waals surface area contributed by atoms with Gasteiger partial charge in [-0.3, -0.25) is 0 Å². The predicted octanol–water partition coefficient (Wildman–Crippen LogP) is 4.73. The Morgan fingerprint density at radius 1 is 1.29 bits per heavy atom. The van der Waals surface area contributed by atoms with Crippen molar-refractivity contribution in [1.29, 1.82) is 0 Å². The van der Waals surface area contributed by atoms with Crippen LogP contribution >= 0.6 is 22.9 Å². The van der Waals surface area contributed by atoms with E-state index in [4.69, 9.17) is 11.6 Å². The average Bonchev–Trinajstić information content (AvgIpc) is 2.63. The van der Waals surface area contributed by atoms with E-state index in [-0.39, 0.29) is 0 Å². The molecule has 2 nitrogen and oxygen atoms in total. The summed E-state index contributed by atoms with van der Waals surface area (Å²) in [5, 5.41) is 1.68. The summed E-state index contributed by atoms with van der Waals surface area (Å²) in [6, 6.07) is 0. The number of hydrogen-bond donors (Lipinski definition) is 0. The van der Waals surface area contributed by atoms with Gasteiger partial charge in [0.15, 0.2) is 0 Å². The fraction of sp³-hybridized carbons (Fsp3) is 0.538. The first-order chi connectivity index (χ1) is 8.08. The number of aryl methyl sites for hydroxylation is 2. The fourth-order valence-electron chi connectivity index (χ4n) is 1.97. The Hall–Kier alpha value is -0.670. The lowest BCUT2D eigenvalue weighted by Gasteiger charge is -2.07. The lowest BCUT2D eigenvalue weighted by Crippen LogP contribution is -2.00. The summed E-state index contributed by atoms with van der Waals surface area (Å²) in [6.07, 6.45) is 2.02. The van der Waals surface area contributed by atoms with Crippen molar-refractivity contribution in [2.75, 3.05) is 0 Å². The molecule has 0 bridgehead atoms. The quantitative estimate of drug-likeness (QED) is 0.752. The molecule has 4 heteroatoms. The molecule has 2 rings (SSSR count). The summed E-state index contributed by atoms with van der Waals surface area (Å²) in [5.41, 5.74) is 1.30. The van der Waals surface area contributed by atoms with Gasteiger partial charge in [-0.25, -0.2) is 9.97 Å². The van der Waals surface area contributed by atoms with E-state index in [1.807, 2.05) is 0 Å². The van der Waals surface area contributed by atoms with Gasteiger partial charge in [0.05, 0.1) is 5.39 Å². The molecule has 0 spiro atoms. The molecule has 0 aliphatic rings. The molecule has 0 aromatic carbocycles. The largest absolute Gasteiger partial charge is 0.222 e. The lowest BCUT2D eigenvalue weighted by atomic mass is 10.1. The van der Waals surface area contributed by atoms with Crippen molar-refractivity contribution in [1.82, 2.24) is 9.97 Å². The fourth-order valence-corrected chi connectivity index (χ4v) is 3.44. The van der Waals surface area contributed by atoms with Gasteiger partial charge in [0.25, 0.3) is 0 Å². The van der Waals surface area contributed by atoms with Crippen molar-refractivity contribution < 1.29 is 0 Å². The van der Waals surface area contributed by atoms with Gasteiger partial charge in [0.2, 0.25) is 0 Å². The third-order valence-electron chi connectivity index (χ3n) is 3.23. The van der Waals surface area contributed by atoms with Crippen LogP contribution in [0.1, 0.15) is 49.4 Å². The van der Waals surface area contributed by atoms with E-state index in [9.17, 15) is 0 Å². The van der Waals surface area contributed by atoms with E-state index in [1.165, 1.54) is 10.4 Å². The molecule has 0 N–H and O–H groups in total. The average molecular weight is 269 g/mol. The number of fused-ring (bicyclic) bond motifs is 1. The van der Waals surface area contributed by atoms with E-state index in [1.54, 1.807) is 11.3 Å². The Morgan fingerprint density at radius 2 is 2.00 bits per heavy atom. The van der Waals surface area contributed by atoms with Crippen LogP contribution in [0.25, 0.3) is 10.2 Å². The molecule has 2 heterocycles. The maximum atomic E-state index is 6.32. The van der Waals surface area contributed by atoms with E-state index in [0.717, 1.165) is 28.9 Å². The van der Waals surface area contributed by atoms with Gasteiger partial charge in [-0.2, -0.15) is 0 Å². The van der Waals surface area contributed by atoms with E-state index < -0.39 is 0 Å². The van der Waals surface area contributed by atoms with Crippen LogP contribution in [0.2, 0.25) is 5.15 Å². The smallest absolute Gasteiger partial charge is 0.141 e. The maximum absolute atomic E-state index is 6.32. The first kappa shape index (κ1) is 12.8. The second-order valence-electron chi connectivity index (χ2n) is 4.35. The van der Waals surface area contributed by atoms with Crippen molar-refractivity contribution in [2.45, 2.75) is 46.5 Å². The molecular formula is C13H17ClN2S. The van der Waals surface area contributed by atoms with Crippen LogP contribution in [0, 0.1) is 6.92 Å². The number of nitrogens with zero attached hydrogens (tertiary/aromatic N) is 2. The zero-order chi connectivity index (χ0) is 12.6. The topological polar surface area (TPSA) is 25.8 Å². The first-order valence-electron chi connectivity index (χ1n) is 6.03. The summed E-state index contributed by atoms with van der Waals surface area (Å²) in [6.45, 7) is 8.56. The molecule has 0 aliphatic heterocycles. The molecule has 2 aromatic heterocycles. The predicted molar refractivity (Wildman–Crippen MR) is 75.2 cm³/mol. The molecule has 92 valence electrons. The highest BCUT2D eigenvalue weighted by atomic mass is 35.5. The van der Waals surface area contributed by atoms with Crippen molar-refractivity contribution in [3.05, 3.63) is 21.4 Å². The summed E-state index contributed by atoms with van der Waals surface area (Å²) in [5.74, 6) is 1.23. The van der Waals surface area contributed by atoms with E-state index in [2.05, 4.69) is 37.7 Å². The number of aromatic nitrogens is 2. The highest BCUT2D eigenvalue weighted by Crippen LogP contribution is 2.35. The third-order valence-corrected chi connectivity index (χ3v) is 4.55. The van der Waals surface area contributed by atoms with Crippen LogP contribution in [-0.4, -0.2) is 9.97 Å². The standard InChI is InChI=1S/C13H17ClN2S/c1-5-7(3)12-15-11(14)10-9(6-2)8(4)17-13(10)16-12/h7H,5-6H2,1-4H3. The SMILES string of the molecule is CCc1c(C)sc2nc(C(C)CC)nc(Cl)c12. The Morgan fingerprint density at radius 3 is 2.59 bits per heavy atom. The molecule has 0 fully saturated rings. The summed E-state index contributed by atoms with van der Waals surface area (Å²) >= 11 is 8.04. The summed E-state index contributed by atoms with van der Waals surface area (Å²) in [7, 11) is 0. The molecule has 0 aliphatic carbocycles. The van der Waals surface area contributed by atoms with Crippen LogP contribution in [0.15, 0.2) is 0 Å². The van der Waals surface area contributed by atoms with Gasteiger partial charge in [0, 0.05) is 10.8 Å². The highest BCUT2D eigenvalue weighted by Gasteiger charge is 2.16. The Bertz CT molecular complexity index is 548. The van der Waals surface area contributed by atoms with Gasteiger partial charge < -0.3 is 0 Å². The Labute approximate surface area is 111 Å².